The van der Waals surface area contributed by atoms with Crippen LogP contribution in [0, 0.1) is 0 Å². The maximum atomic E-state index is 11.3. The third-order valence-electron chi connectivity index (χ3n) is 4.59. The Balaban J connectivity index is 1.59. The number of piperidine rings is 1. The molecule has 0 spiro atoms. The van der Waals surface area contributed by atoms with Gasteiger partial charge < -0.3 is 14.5 Å². The molecular formula is C16H25N5O2. The number of carbonyl (C=O) groups is 1. The lowest BCUT2D eigenvalue weighted by Gasteiger charge is -2.35. The van der Waals surface area contributed by atoms with E-state index in [1.165, 1.54) is 26.4 Å². The van der Waals surface area contributed by atoms with Crippen molar-refractivity contribution in [2.45, 2.75) is 19.3 Å². The van der Waals surface area contributed by atoms with Gasteiger partial charge in [0.1, 0.15) is 18.0 Å². The van der Waals surface area contributed by atoms with Crippen molar-refractivity contribution in [3.63, 3.8) is 0 Å². The molecule has 7 nitrogen and oxygen atoms in total. The highest BCUT2D eigenvalue weighted by Crippen LogP contribution is 2.21. The first-order valence-corrected chi connectivity index (χ1v) is 8.37. The number of piperazine rings is 1. The summed E-state index contributed by atoms with van der Waals surface area (Å²) in [6.07, 6.45) is 5.47. The van der Waals surface area contributed by atoms with Crippen LogP contribution < -0.4 is 9.80 Å². The van der Waals surface area contributed by atoms with Crippen LogP contribution in [0.25, 0.3) is 0 Å². The van der Waals surface area contributed by atoms with Gasteiger partial charge in [-0.3, -0.25) is 9.69 Å². The summed E-state index contributed by atoms with van der Waals surface area (Å²) in [6.45, 7) is 5.97. The standard InChI is InChI=1S/C16H25N5O2/c1-23-16(22)12-19-7-9-21(10-8-19)15-11-14(17-13-18-15)20-5-3-2-4-6-20/h11,13H,2-10,12H2,1H3. The Bertz CT molecular complexity index is 525. The van der Waals surface area contributed by atoms with Crippen LogP contribution in [0.2, 0.25) is 0 Å². The third-order valence-corrected chi connectivity index (χ3v) is 4.59. The molecule has 1 aromatic rings. The molecule has 3 heterocycles. The number of anilines is 2. The van der Waals surface area contributed by atoms with E-state index in [9.17, 15) is 4.79 Å². The van der Waals surface area contributed by atoms with Gasteiger partial charge >= 0.3 is 5.97 Å². The molecule has 0 unspecified atom stereocenters. The Morgan fingerprint density at radius 2 is 1.61 bits per heavy atom. The summed E-state index contributed by atoms with van der Waals surface area (Å²) < 4.78 is 4.73. The van der Waals surface area contributed by atoms with Crippen molar-refractivity contribution in [3.8, 4) is 0 Å². The molecule has 2 saturated heterocycles. The zero-order valence-electron chi connectivity index (χ0n) is 13.8. The van der Waals surface area contributed by atoms with Gasteiger partial charge in [0.25, 0.3) is 0 Å². The van der Waals surface area contributed by atoms with Crippen LogP contribution in [0.4, 0.5) is 11.6 Å². The molecule has 0 aromatic carbocycles. The van der Waals surface area contributed by atoms with Crippen LogP contribution in [-0.2, 0) is 9.53 Å². The first-order valence-electron chi connectivity index (χ1n) is 8.37. The quantitative estimate of drug-likeness (QED) is 0.759. The number of esters is 1. The van der Waals surface area contributed by atoms with E-state index in [1.807, 2.05) is 0 Å². The zero-order chi connectivity index (χ0) is 16.1. The minimum atomic E-state index is -0.173. The average Bonchev–Trinajstić information content (AvgIpc) is 2.63. The van der Waals surface area contributed by atoms with Gasteiger partial charge in [-0.2, -0.15) is 0 Å². The molecule has 0 radical (unpaired) electrons. The van der Waals surface area contributed by atoms with Gasteiger partial charge in [-0.25, -0.2) is 9.97 Å². The summed E-state index contributed by atoms with van der Waals surface area (Å²) in [6, 6.07) is 2.10. The molecule has 23 heavy (non-hydrogen) atoms. The van der Waals surface area contributed by atoms with Crippen LogP contribution >= 0.6 is 0 Å². The lowest BCUT2D eigenvalue weighted by Crippen LogP contribution is -2.48. The molecule has 7 heteroatoms. The normalized spacial score (nSPS) is 19.7. The lowest BCUT2D eigenvalue weighted by atomic mass is 10.1. The molecule has 0 atom stereocenters. The summed E-state index contributed by atoms with van der Waals surface area (Å²) in [5.41, 5.74) is 0. The molecule has 0 saturated carbocycles. The number of nitrogens with zero attached hydrogens (tertiary/aromatic N) is 5. The van der Waals surface area contributed by atoms with Gasteiger partial charge in [-0.1, -0.05) is 0 Å². The number of rotatable bonds is 4. The van der Waals surface area contributed by atoms with E-state index >= 15 is 0 Å². The smallest absolute Gasteiger partial charge is 0.319 e. The number of aromatic nitrogens is 2. The molecule has 0 aliphatic carbocycles. The number of ether oxygens (including phenoxy) is 1. The molecule has 126 valence electrons. The fraction of sp³-hybridized carbons (Fsp3) is 0.688. The summed E-state index contributed by atoms with van der Waals surface area (Å²) >= 11 is 0. The Labute approximate surface area is 137 Å². The Hall–Kier alpha value is -1.89. The molecule has 0 N–H and O–H groups in total. The van der Waals surface area contributed by atoms with Gasteiger partial charge in [-0.15, -0.1) is 0 Å². The average molecular weight is 319 g/mol. The maximum Gasteiger partial charge on any atom is 0.319 e. The van der Waals surface area contributed by atoms with Crippen LogP contribution in [-0.4, -0.2) is 73.8 Å². The van der Waals surface area contributed by atoms with Crippen molar-refractivity contribution >= 4 is 17.6 Å². The second-order valence-electron chi connectivity index (χ2n) is 6.12. The highest BCUT2D eigenvalue weighted by Gasteiger charge is 2.21. The van der Waals surface area contributed by atoms with Crippen LogP contribution in [0.15, 0.2) is 12.4 Å². The number of hydrogen-bond donors (Lipinski definition) is 0. The molecule has 2 fully saturated rings. The molecular weight excluding hydrogens is 294 g/mol. The third kappa shape index (κ3) is 4.10. The summed E-state index contributed by atoms with van der Waals surface area (Å²) in [5, 5.41) is 0. The largest absolute Gasteiger partial charge is 0.468 e. The van der Waals surface area contributed by atoms with Crippen molar-refractivity contribution in [1.29, 1.82) is 0 Å². The molecule has 0 bridgehead atoms. The molecule has 2 aliphatic heterocycles. The van der Waals surface area contributed by atoms with Gasteiger partial charge in [0.15, 0.2) is 0 Å². The number of hydrogen-bond acceptors (Lipinski definition) is 7. The van der Waals surface area contributed by atoms with Crippen molar-refractivity contribution in [2.75, 3.05) is 62.7 Å². The molecule has 2 aliphatic rings. The number of methoxy groups -OCH3 is 1. The Morgan fingerprint density at radius 1 is 1.00 bits per heavy atom. The molecule has 1 aromatic heterocycles. The Kier molecular flexibility index (Phi) is 5.27. The topological polar surface area (TPSA) is 61.8 Å². The second-order valence-corrected chi connectivity index (χ2v) is 6.12. The van der Waals surface area contributed by atoms with Crippen LogP contribution in [0.5, 0.6) is 0 Å². The van der Waals surface area contributed by atoms with Crippen molar-refractivity contribution in [2.24, 2.45) is 0 Å². The van der Waals surface area contributed by atoms with Crippen molar-refractivity contribution in [3.05, 3.63) is 12.4 Å². The zero-order valence-corrected chi connectivity index (χ0v) is 13.8. The van der Waals surface area contributed by atoms with E-state index in [2.05, 4.69) is 30.7 Å². The van der Waals surface area contributed by atoms with E-state index in [0.717, 1.165) is 50.9 Å². The molecule has 3 rings (SSSR count). The fourth-order valence-corrected chi connectivity index (χ4v) is 3.19. The van der Waals surface area contributed by atoms with Gasteiger partial charge in [0.2, 0.25) is 0 Å². The van der Waals surface area contributed by atoms with E-state index in [0.29, 0.717) is 6.54 Å². The summed E-state index contributed by atoms with van der Waals surface area (Å²) in [7, 11) is 1.43. The maximum absolute atomic E-state index is 11.3. The van der Waals surface area contributed by atoms with Gasteiger partial charge in [0, 0.05) is 45.3 Å². The highest BCUT2D eigenvalue weighted by atomic mass is 16.5. The van der Waals surface area contributed by atoms with E-state index in [-0.39, 0.29) is 5.97 Å². The highest BCUT2D eigenvalue weighted by molar-refractivity contribution is 5.71. The van der Waals surface area contributed by atoms with Crippen LogP contribution in [0.3, 0.4) is 0 Å². The predicted molar refractivity (Wildman–Crippen MR) is 88.8 cm³/mol. The summed E-state index contributed by atoms with van der Waals surface area (Å²) in [4.78, 5) is 27.0. The second kappa shape index (κ2) is 7.59. The van der Waals surface area contributed by atoms with Crippen molar-refractivity contribution in [1.82, 2.24) is 14.9 Å². The Morgan fingerprint density at radius 3 is 2.22 bits per heavy atom. The summed E-state index contributed by atoms with van der Waals surface area (Å²) in [5.74, 6) is 1.85. The SMILES string of the molecule is COC(=O)CN1CCN(c2cc(N3CCCCC3)ncn2)CC1. The van der Waals surface area contributed by atoms with Crippen LogP contribution in [0.1, 0.15) is 19.3 Å². The lowest BCUT2D eigenvalue weighted by molar-refractivity contribution is -0.142. The fourth-order valence-electron chi connectivity index (χ4n) is 3.19. The van der Waals surface area contributed by atoms with E-state index in [4.69, 9.17) is 4.74 Å². The predicted octanol–water partition coefficient (Wildman–Crippen LogP) is 0.762. The van der Waals surface area contributed by atoms with E-state index < -0.39 is 0 Å². The van der Waals surface area contributed by atoms with Crippen molar-refractivity contribution < 1.29 is 9.53 Å². The first kappa shape index (κ1) is 16.0. The van der Waals surface area contributed by atoms with E-state index in [1.54, 1.807) is 6.33 Å². The van der Waals surface area contributed by atoms with Gasteiger partial charge in [0.05, 0.1) is 13.7 Å². The minimum Gasteiger partial charge on any atom is -0.468 e. The van der Waals surface area contributed by atoms with Gasteiger partial charge in [-0.05, 0) is 19.3 Å². The monoisotopic (exact) mass is 319 g/mol. The first-order chi connectivity index (χ1) is 11.3. The minimum absolute atomic E-state index is 0.173. The molecule has 0 amide bonds. The number of carbonyl (C=O) groups excluding carboxylic acids is 1.